The van der Waals surface area contributed by atoms with Crippen molar-refractivity contribution >= 4 is 5.76 Å². The lowest BCUT2D eigenvalue weighted by Crippen LogP contribution is -1.84. The molecule has 4 heteroatoms. The fraction of sp³-hybridized carbons (Fsp3) is 0.111. The summed E-state index contributed by atoms with van der Waals surface area (Å²) in [6.07, 6.45) is 0. The summed E-state index contributed by atoms with van der Waals surface area (Å²) in [5.41, 5.74) is -0.352. The van der Waals surface area contributed by atoms with Gasteiger partial charge in [-0.2, -0.15) is 10.5 Å². The quantitative estimate of drug-likeness (QED) is 0.520. The molecular weight excluding hydrogens is 168 g/mol. The van der Waals surface area contributed by atoms with E-state index in [1.807, 2.05) is 0 Å². The van der Waals surface area contributed by atoms with Gasteiger partial charge in [-0.05, 0) is 19.1 Å². The maximum absolute atomic E-state index is 9.33. The normalized spacial score (nSPS) is 8.54. The molecule has 13 heavy (non-hydrogen) atoms. The van der Waals surface area contributed by atoms with Crippen molar-refractivity contribution in [3.05, 3.63) is 29.2 Å². The van der Waals surface area contributed by atoms with E-state index in [-0.39, 0.29) is 11.3 Å². The fourth-order valence-electron chi connectivity index (χ4n) is 0.816. The van der Waals surface area contributed by atoms with Crippen LogP contribution < -0.4 is 0 Å². The minimum Gasteiger partial charge on any atom is -0.503 e. The van der Waals surface area contributed by atoms with Gasteiger partial charge in [0.2, 0.25) is 0 Å². The van der Waals surface area contributed by atoms with E-state index in [4.69, 9.17) is 14.9 Å². The van der Waals surface area contributed by atoms with E-state index in [0.29, 0.717) is 5.76 Å². The second kappa shape index (κ2) is 3.46. The van der Waals surface area contributed by atoms with E-state index in [2.05, 4.69) is 0 Å². The van der Waals surface area contributed by atoms with Crippen LogP contribution in [-0.2, 0) is 0 Å². The van der Waals surface area contributed by atoms with Crippen molar-refractivity contribution in [3.63, 3.8) is 0 Å². The minimum absolute atomic E-state index is 0.135. The third-order valence-corrected chi connectivity index (χ3v) is 1.43. The van der Waals surface area contributed by atoms with Crippen LogP contribution in [0.1, 0.15) is 11.5 Å². The highest BCUT2D eigenvalue weighted by Crippen LogP contribution is 2.17. The molecule has 1 aromatic rings. The van der Waals surface area contributed by atoms with Crippen LogP contribution in [0.15, 0.2) is 22.1 Å². The molecule has 0 aliphatic carbocycles. The number of aliphatic hydroxyl groups excluding tert-OH is 1. The van der Waals surface area contributed by atoms with E-state index in [1.165, 1.54) is 6.07 Å². The number of allylic oxidation sites excluding steroid dienone is 1. The molecule has 0 saturated carbocycles. The molecule has 0 amide bonds. The second-order valence-electron chi connectivity index (χ2n) is 2.36. The van der Waals surface area contributed by atoms with Crippen molar-refractivity contribution in [2.24, 2.45) is 0 Å². The third kappa shape index (κ3) is 1.69. The number of hydrogen-bond acceptors (Lipinski definition) is 4. The SMILES string of the molecule is Cc1ccc(C(O)=C(C#N)C#N)o1. The molecule has 0 bridgehead atoms. The summed E-state index contributed by atoms with van der Waals surface area (Å²) < 4.78 is 5.02. The van der Waals surface area contributed by atoms with Crippen molar-refractivity contribution in [2.45, 2.75) is 6.92 Å². The van der Waals surface area contributed by atoms with Crippen LogP contribution in [0.5, 0.6) is 0 Å². The topological polar surface area (TPSA) is 81.0 Å². The predicted octanol–water partition coefficient (Wildman–Crippen LogP) is 1.90. The van der Waals surface area contributed by atoms with E-state index >= 15 is 0 Å². The van der Waals surface area contributed by atoms with E-state index in [9.17, 15) is 5.11 Å². The standard InChI is InChI=1S/C9H6N2O2/c1-6-2-3-8(13-6)9(12)7(4-10)5-11/h2-3,12H,1H3. The summed E-state index contributed by atoms with van der Waals surface area (Å²) in [7, 11) is 0. The van der Waals surface area contributed by atoms with Crippen LogP contribution in [0.3, 0.4) is 0 Å². The zero-order valence-corrected chi connectivity index (χ0v) is 6.90. The lowest BCUT2D eigenvalue weighted by atomic mass is 10.2. The fourth-order valence-corrected chi connectivity index (χ4v) is 0.816. The maximum Gasteiger partial charge on any atom is 0.187 e. The average molecular weight is 174 g/mol. The van der Waals surface area contributed by atoms with Crippen LogP contribution in [0.25, 0.3) is 5.76 Å². The molecule has 1 aromatic heterocycles. The van der Waals surface area contributed by atoms with Crippen molar-refractivity contribution in [2.75, 3.05) is 0 Å². The Balaban J connectivity index is 3.19. The van der Waals surface area contributed by atoms with Gasteiger partial charge in [-0.25, -0.2) is 0 Å². The van der Waals surface area contributed by atoms with Gasteiger partial charge in [0, 0.05) is 0 Å². The average Bonchev–Trinajstić information content (AvgIpc) is 2.54. The summed E-state index contributed by atoms with van der Waals surface area (Å²) in [6, 6.07) is 6.27. The Morgan fingerprint density at radius 1 is 1.38 bits per heavy atom. The highest BCUT2D eigenvalue weighted by atomic mass is 16.4. The van der Waals surface area contributed by atoms with Gasteiger partial charge in [-0.15, -0.1) is 0 Å². The number of furan rings is 1. The van der Waals surface area contributed by atoms with E-state index < -0.39 is 5.76 Å². The molecule has 1 N–H and O–H groups in total. The van der Waals surface area contributed by atoms with Crippen LogP contribution in [-0.4, -0.2) is 5.11 Å². The molecule has 0 radical (unpaired) electrons. The Morgan fingerprint density at radius 2 is 2.00 bits per heavy atom. The molecular formula is C9H6N2O2. The molecule has 0 spiro atoms. The van der Waals surface area contributed by atoms with Gasteiger partial charge in [0.05, 0.1) is 0 Å². The lowest BCUT2D eigenvalue weighted by molar-refractivity contribution is 0.447. The number of aryl methyl sites for hydroxylation is 1. The Labute approximate surface area is 74.9 Å². The molecule has 4 nitrogen and oxygen atoms in total. The van der Waals surface area contributed by atoms with Gasteiger partial charge >= 0.3 is 0 Å². The largest absolute Gasteiger partial charge is 0.503 e. The Kier molecular flexibility index (Phi) is 2.37. The monoisotopic (exact) mass is 174 g/mol. The zero-order chi connectivity index (χ0) is 9.84. The van der Waals surface area contributed by atoms with Gasteiger partial charge in [0.15, 0.2) is 17.1 Å². The second-order valence-corrected chi connectivity index (χ2v) is 2.36. The van der Waals surface area contributed by atoms with E-state index in [1.54, 1.807) is 25.1 Å². The summed E-state index contributed by atoms with van der Waals surface area (Å²) in [4.78, 5) is 0. The Hall–Kier alpha value is -2.20. The van der Waals surface area contributed by atoms with Crippen molar-refractivity contribution in [3.8, 4) is 12.1 Å². The molecule has 64 valence electrons. The molecule has 0 saturated heterocycles. The minimum atomic E-state index is -0.418. The van der Waals surface area contributed by atoms with Gasteiger partial charge in [-0.3, -0.25) is 0 Å². The first-order valence-electron chi connectivity index (χ1n) is 3.49. The summed E-state index contributed by atoms with van der Waals surface area (Å²) in [5.74, 6) is 0.325. The molecule has 1 heterocycles. The number of nitriles is 2. The van der Waals surface area contributed by atoms with Crippen molar-refractivity contribution < 1.29 is 9.52 Å². The summed E-state index contributed by atoms with van der Waals surface area (Å²) >= 11 is 0. The zero-order valence-electron chi connectivity index (χ0n) is 6.90. The first kappa shape index (κ1) is 8.89. The van der Waals surface area contributed by atoms with Gasteiger partial charge in [0.25, 0.3) is 0 Å². The molecule has 0 unspecified atom stereocenters. The third-order valence-electron chi connectivity index (χ3n) is 1.43. The van der Waals surface area contributed by atoms with Crippen LogP contribution in [0.2, 0.25) is 0 Å². The summed E-state index contributed by atoms with van der Waals surface area (Å²) in [5, 5.41) is 26.2. The lowest BCUT2D eigenvalue weighted by Gasteiger charge is -1.92. The van der Waals surface area contributed by atoms with E-state index in [0.717, 1.165) is 0 Å². The molecule has 0 aliphatic rings. The first-order valence-corrected chi connectivity index (χ1v) is 3.49. The predicted molar refractivity (Wildman–Crippen MR) is 44.2 cm³/mol. The molecule has 0 atom stereocenters. The van der Waals surface area contributed by atoms with Crippen molar-refractivity contribution in [1.29, 1.82) is 10.5 Å². The number of aliphatic hydroxyl groups is 1. The van der Waals surface area contributed by atoms with Gasteiger partial charge in [0.1, 0.15) is 17.9 Å². The van der Waals surface area contributed by atoms with Gasteiger partial charge < -0.3 is 9.52 Å². The van der Waals surface area contributed by atoms with Crippen molar-refractivity contribution in [1.82, 2.24) is 0 Å². The Bertz CT molecular complexity index is 413. The number of nitrogens with zero attached hydrogens (tertiary/aromatic N) is 2. The molecule has 0 aromatic carbocycles. The number of hydrogen-bond donors (Lipinski definition) is 1. The van der Waals surface area contributed by atoms with Gasteiger partial charge in [-0.1, -0.05) is 0 Å². The first-order chi connectivity index (χ1) is 6.19. The number of rotatable bonds is 1. The summed E-state index contributed by atoms with van der Waals surface area (Å²) in [6.45, 7) is 1.70. The van der Waals surface area contributed by atoms with Crippen LogP contribution in [0.4, 0.5) is 0 Å². The highest BCUT2D eigenvalue weighted by Gasteiger charge is 2.10. The van der Waals surface area contributed by atoms with Crippen LogP contribution in [0, 0.1) is 29.6 Å². The molecule has 1 rings (SSSR count). The highest BCUT2D eigenvalue weighted by molar-refractivity contribution is 5.66. The Morgan fingerprint density at radius 3 is 2.38 bits per heavy atom. The molecule has 0 fully saturated rings. The molecule has 0 aliphatic heterocycles. The maximum atomic E-state index is 9.33. The smallest absolute Gasteiger partial charge is 0.187 e. The van der Waals surface area contributed by atoms with Crippen LogP contribution >= 0.6 is 0 Å².